The van der Waals surface area contributed by atoms with Crippen LogP contribution in [-0.2, 0) is 0 Å². The molecule has 2 heterocycles. The first-order valence-corrected chi connectivity index (χ1v) is 6.87. The molecule has 2 amide bonds. The Morgan fingerprint density at radius 3 is 2.95 bits per heavy atom. The lowest BCUT2D eigenvalue weighted by atomic mass is 9.97. The lowest BCUT2D eigenvalue weighted by Crippen LogP contribution is -2.38. The summed E-state index contributed by atoms with van der Waals surface area (Å²) >= 11 is 5.87. The van der Waals surface area contributed by atoms with Crippen LogP contribution in [0.2, 0.25) is 5.15 Å². The Hall–Kier alpha value is -1.33. The average molecular weight is 283 g/mol. The minimum Gasteiger partial charge on any atom is -0.338 e. The highest BCUT2D eigenvalue weighted by atomic mass is 35.5. The van der Waals surface area contributed by atoms with E-state index in [1.165, 1.54) is 0 Å². The minimum atomic E-state index is -0.228. The van der Waals surface area contributed by atoms with Gasteiger partial charge >= 0.3 is 6.03 Å². The van der Waals surface area contributed by atoms with Crippen LogP contribution < -0.4 is 10.6 Å². The van der Waals surface area contributed by atoms with Crippen molar-refractivity contribution in [3.05, 3.63) is 23.5 Å². The SMILES string of the molecule is CN1CCC(CNC(=O)Nc2cccnc2Cl)CC1. The van der Waals surface area contributed by atoms with Crippen LogP contribution >= 0.6 is 11.6 Å². The molecule has 1 aliphatic heterocycles. The number of urea groups is 1. The fourth-order valence-electron chi connectivity index (χ4n) is 2.15. The third kappa shape index (κ3) is 4.36. The number of amides is 2. The Kier molecular flexibility index (Phi) is 4.99. The zero-order chi connectivity index (χ0) is 13.7. The predicted octanol–water partition coefficient (Wildman–Crippen LogP) is 2.20. The molecule has 2 N–H and O–H groups in total. The van der Waals surface area contributed by atoms with Gasteiger partial charge in [-0.1, -0.05) is 11.6 Å². The van der Waals surface area contributed by atoms with Crippen LogP contribution in [0.3, 0.4) is 0 Å². The van der Waals surface area contributed by atoms with Gasteiger partial charge in [0.2, 0.25) is 0 Å². The number of piperidine rings is 1. The first-order chi connectivity index (χ1) is 9.15. The normalized spacial score (nSPS) is 17.2. The van der Waals surface area contributed by atoms with Gasteiger partial charge in [0.1, 0.15) is 0 Å². The van der Waals surface area contributed by atoms with Crippen molar-refractivity contribution in [2.45, 2.75) is 12.8 Å². The van der Waals surface area contributed by atoms with Crippen molar-refractivity contribution in [3.8, 4) is 0 Å². The molecule has 0 saturated carbocycles. The van der Waals surface area contributed by atoms with Gasteiger partial charge in [0.05, 0.1) is 5.69 Å². The van der Waals surface area contributed by atoms with E-state index in [-0.39, 0.29) is 6.03 Å². The molecule has 1 saturated heterocycles. The molecule has 0 aromatic carbocycles. The monoisotopic (exact) mass is 282 g/mol. The van der Waals surface area contributed by atoms with Crippen LogP contribution in [0.15, 0.2) is 18.3 Å². The number of anilines is 1. The van der Waals surface area contributed by atoms with Crippen LogP contribution in [0.4, 0.5) is 10.5 Å². The van der Waals surface area contributed by atoms with E-state index in [9.17, 15) is 4.79 Å². The van der Waals surface area contributed by atoms with Crippen LogP contribution in [0.1, 0.15) is 12.8 Å². The number of nitrogens with zero attached hydrogens (tertiary/aromatic N) is 2. The molecule has 19 heavy (non-hydrogen) atoms. The van der Waals surface area contributed by atoms with E-state index in [2.05, 4.69) is 27.6 Å². The molecule has 0 atom stereocenters. The summed E-state index contributed by atoms with van der Waals surface area (Å²) in [6.45, 7) is 2.91. The molecule has 104 valence electrons. The number of likely N-dealkylation sites (tertiary alicyclic amines) is 1. The van der Waals surface area contributed by atoms with Gasteiger partial charge in [-0.3, -0.25) is 0 Å². The molecule has 0 radical (unpaired) electrons. The Labute approximate surface area is 118 Å². The van der Waals surface area contributed by atoms with E-state index in [1.54, 1.807) is 18.3 Å². The van der Waals surface area contributed by atoms with Crippen molar-refractivity contribution in [1.82, 2.24) is 15.2 Å². The summed E-state index contributed by atoms with van der Waals surface area (Å²) in [6.07, 6.45) is 3.85. The third-order valence-corrected chi connectivity index (χ3v) is 3.70. The predicted molar refractivity (Wildman–Crippen MR) is 76.5 cm³/mol. The van der Waals surface area contributed by atoms with Gasteiger partial charge in [0, 0.05) is 12.7 Å². The zero-order valence-corrected chi connectivity index (χ0v) is 11.8. The molecule has 5 nitrogen and oxygen atoms in total. The summed E-state index contributed by atoms with van der Waals surface area (Å²) in [4.78, 5) is 18.0. The number of carbonyl (C=O) groups is 1. The number of hydrogen-bond acceptors (Lipinski definition) is 3. The van der Waals surface area contributed by atoms with Gasteiger partial charge in [0.15, 0.2) is 5.15 Å². The van der Waals surface area contributed by atoms with Gasteiger partial charge in [-0.15, -0.1) is 0 Å². The summed E-state index contributed by atoms with van der Waals surface area (Å²) in [5, 5.41) is 5.89. The number of nitrogens with one attached hydrogen (secondary N) is 2. The van der Waals surface area contributed by atoms with E-state index in [0.717, 1.165) is 25.9 Å². The van der Waals surface area contributed by atoms with Crippen LogP contribution in [0.25, 0.3) is 0 Å². The molecule has 0 unspecified atom stereocenters. The van der Waals surface area contributed by atoms with Crippen molar-refractivity contribution in [2.75, 3.05) is 32.0 Å². The number of carbonyl (C=O) groups excluding carboxylic acids is 1. The van der Waals surface area contributed by atoms with Gasteiger partial charge in [0.25, 0.3) is 0 Å². The molecule has 2 rings (SSSR count). The second kappa shape index (κ2) is 6.73. The van der Waals surface area contributed by atoms with E-state index in [1.807, 2.05) is 0 Å². The second-order valence-corrected chi connectivity index (χ2v) is 5.28. The molecule has 1 aromatic rings. The molecule has 1 aliphatic rings. The first-order valence-electron chi connectivity index (χ1n) is 6.49. The summed E-state index contributed by atoms with van der Waals surface area (Å²) < 4.78 is 0. The molecule has 1 aromatic heterocycles. The Balaban J connectivity index is 1.74. The lowest BCUT2D eigenvalue weighted by Gasteiger charge is -2.28. The summed E-state index contributed by atoms with van der Waals surface area (Å²) in [6, 6.07) is 3.23. The summed E-state index contributed by atoms with van der Waals surface area (Å²) in [7, 11) is 2.13. The van der Waals surface area contributed by atoms with Gasteiger partial charge in [-0.2, -0.15) is 0 Å². The van der Waals surface area contributed by atoms with E-state index < -0.39 is 0 Å². The number of pyridine rings is 1. The highest BCUT2D eigenvalue weighted by Gasteiger charge is 2.17. The maximum Gasteiger partial charge on any atom is 0.319 e. The van der Waals surface area contributed by atoms with Crippen LogP contribution in [-0.4, -0.2) is 42.6 Å². The Bertz CT molecular complexity index is 432. The number of hydrogen-bond donors (Lipinski definition) is 2. The van der Waals surface area contributed by atoms with E-state index in [4.69, 9.17) is 11.6 Å². The van der Waals surface area contributed by atoms with Crippen molar-refractivity contribution >= 4 is 23.3 Å². The molecular weight excluding hydrogens is 264 g/mol. The van der Waals surface area contributed by atoms with Gasteiger partial charge in [-0.05, 0) is 51.0 Å². The fraction of sp³-hybridized carbons (Fsp3) is 0.538. The molecular formula is C13H19ClN4O. The highest BCUT2D eigenvalue weighted by Crippen LogP contribution is 2.17. The van der Waals surface area contributed by atoms with Crippen molar-refractivity contribution < 1.29 is 4.79 Å². The molecule has 6 heteroatoms. The van der Waals surface area contributed by atoms with E-state index in [0.29, 0.717) is 23.3 Å². The molecule has 0 aliphatic carbocycles. The lowest BCUT2D eigenvalue weighted by molar-refractivity contribution is 0.213. The molecule has 0 bridgehead atoms. The molecule has 1 fully saturated rings. The van der Waals surface area contributed by atoms with Gasteiger partial charge in [-0.25, -0.2) is 9.78 Å². The smallest absolute Gasteiger partial charge is 0.319 e. The molecule has 0 spiro atoms. The van der Waals surface area contributed by atoms with Crippen molar-refractivity contribution in [2.24, 2.45) is 5.92 Å². The fourth-order valence-corrected chi connectivity index (χ4v) is 2.32. The number of aromatic nitrogens is 1. The number of rotatable bonds is 3. The zero-order valence-electron chi connectivity index (χ0n) is 11.0. The first kappa shape index (κ1) is 14.1. The maximum absolute atomic E-state index is 11.8. The van der Waals surface area contributed by atoms with Crippen molar-refractivity contribution in [1.29, 1.82) is 0 Å². The Morgan fingerprint density at radius 2 is 2.26 bits per heavy atom. The Morgan fingerprint density at radius 1 is 1.53 bits per heavy atom. The minimum absolute atomic E-state index is 0.228. The van der Waals surface area contributed by atoms with Crippen molar-refractivity contribution in [3.63, 3.8) is 0 Å². The summed E-state index contributed by atoms with van der Waals surface area (Å²) in [5.74, 6) is 0.561. The average Bonchev–Trinajstić information content (AvgIpc) is 2.41. The topological polar surface area (TPSA) is 57.3 Å². The number of halogens is 1. The van der Waals surface area contributed by atoms with Crippen LogP contribution in [0, 0.1) is 5.92 Å². The quantitative estimate of drug-likeness (QED) is 0.836. The van der Waals surface area contributed by atoms with Gasteiger partial charge < -0.3 is 15.5 Å². The summed E-state index contributed by atoms with van der Waals surface area (Å²) in [5.41, 5.74) is 0.532. The largest absolute Gasteiger partial charge is 0.338 e. The second-order valence-electron chi connectivity index (χ2n) is 4.92. The highest BCUT2D eigenvalue weighted by molar-refractivity contribution is 6.32. The maximum atomic E-state index is 11.8. The standard InChI is InChI=1S/C13H19ClN4O/c1-18-7-4-10(5-8-18)9-16-13(19)17-11-3-2-6-15-12(11)14/h2-3,6,10H,4-5,7-9H2,1H3,(H2,16,17,19). The third-order valence-electron chi connectivity index (χ3n) is 3.40. The van der Waals surface area contributed by atoms with Crippen LogP contribution in [0.5, 0.6) is 0 Å². The van der Waals surface area contributed by atoms with E-state index >= 15 is 0 Å².